The Morgan fingerprint density at radius 3 is 2.73 bits per heavy atom. The van der Waals surface area contributed by atoms with E-state index < -0.39 is 0 Å². The summed E-state index contributed by atoms with van der Waals surface area (Å²) in [7, 11) is 0. The molecule has 22 heavy (non-hydrogen) atoms. The molecule has 0 atom stereocenters. The highest BCUT2D eigenvalue weighted by molar-refractivity contribution is 6.00. The minimum absolute atomic E-state index is 0.174. The van der Waals surface area contributed by atoms with Crippen molar-refractivity contribution < 1.29 is 9.32 Å². The lowest BCUT2D eigenvalue weighted by atomic mass is 10.1. The maximum absolute atomic E-state index is 12.4. The minimum atomic E-state index is -0.174. The predicted molar refractivity (Wildman–Crippen MR) is 84.6 cm³/mol. The molecule has 2 aromatic heterocycles. The first kappa shape index (κ1) is 16.2. The molecule has 0 bridgehead atoms. The van der Waals surface area contributed by atoms with Crippen molar-refractivity contribution in [1.82, 2.24) is 20.4 Å². The molecule has 0 aliphatic heterocycles. The van der Waals surface area contributed by atoms with Crippen molar-refractivity contribution in [3.8, 4) is 11.4 Å². The maximum atomic E-state index is 12.4. The van der Waals surface area contributed by atoms with E-state index in [9.17, 15) is 4.79 Å². The quantitative estimate of drug-likeness (QED) is 0.848. The number of aromatic nitrogens is 2. The third-order valence-corrected chi connectivity index (χ3v) is 3.61. The van der Waals surface area contributed by atoms with Crippen molar-refractivity contribution in [2.45, 2.75) is 20.8 Å². The number of hydrogen-bond acceptors (Lipinski definition) is 5. The van der Waals surface area contributed by atoms with E-state index in [1.165, 1.54) is 0 Å². The van der Waals surface area contributed by atoms with E-state index >= 15 is 0 Å². The molecule has 6 nitrogen and oxygen atoms in total. The van der Waals surface area contributed by atoms with Gasteiger partial charge < -0.3 is 14.7 Å². The molecule has 2 rings (SSSR count). The van der Waals surface area contributed by atoms with Gasteiger partial charge in [-0.1, -0.05) is 25.1 Å². The van der Waals surface area contributed by atoms with Crippen LogP contribution in [0.25, 0.3) is 11.4 Å². The van der Waals surface area contributed by atoms with Gasteiger partial charge in [-0.05, 0) is 32.1 Å². The number of pyridine rings is 1. The van der Waals surface area contributed by atoms with E-state index in [0.717, 1.165) is 19.6 Å². The fraction of sp³-hybridized carbons (Fsp3) is 0.438. The Morgan fingerprint density at radius 1 is 1.32 bits per heavy atom. The third kappa shape index (κ3) is 3.71. The topological polar surface area (TPSA) is 71.3 Å². The lowest BCUT2D eigenvalue weighted by molar-refractivity contribution is 0.0948. The zero-order chi connectivity index (χ0) is 15.9. The second kappa shape index (κ2) is 7.70. The van der Waals surface area contributed by atoms with Gasteiger partial charge in [0.2, 0.25) is 0 Å². The van der Waals surface area contributed by atoms with Crippen molar-refractivity contribution in [3.63, 3.8) is 0 Å². The van der Waals surface area contributed by atoms with Gasteiger partial charge in [0.15, 0.2) is 0 Å². The molecular weight excluding hydrogens is 280 g/mol. The lowest BCUT2D eigenvalue weighted by Crippen LogP contribution is -2.35. The number of aryl methyl sites for hydroxylation is 1. The van der Waals surface area contributed by atoms with E-state index in [-0.39, 0.29) is 5.91 Å². The predicted octanol–water partition coefficient (Wildman–Crippen LogP) is 2.12. The fourth-order valence-electron chi connectivity index (χ4n) is 2.27. The number of amides is 1. The number of rotatable bonds is 7. The van der Waals surface area contributed by atoms with Crippen molar-refractivity contribution in [1.29, 1.82) is 0 Å². The summed E-state index contributed by atoms with van der Waals surface area (Å²) in [6.07, 6.45) is 1.67. The molecule has 0 aliphatic carbocycles. The van der Waals surface area contributed by atoms with Crippen molar-refractivity contribution in [3.05, 3.63) is 35.7 Å². The van der Waals surface area contributed by atoms with E-state index in [4.69, 9.17) is 4.52 Å². The molecule has 0 aliphatic rings. The number of likely N-dealkylation sites (N-methyl/N-ethyl adjacent to an activating group) is 1. The Bertz CT molecular complexity index is 606. The number of hydrogen-bond donors (Lipinski definition) is 1. The van der Waals surface area contributed by atoms with Gasteiger partial charge in [-0.3, -0.25) is 9.78 Å². The van der Waals surface area contributed by atoms with Crippen LogP contribution in [-0.4, -0.2) is 47.1 Å². The number of nitrogens with one attached hydrogen (secondary N) is 1. The van der Waals surface area contributed by atoms with Crippen LogP contribution < -0.4 is 5.32 Å². The standard InChI is InChI=1S/C16H22N4O2/c1-4-20(5-2)11-10-18-16(21)14-12(3)22-19-15(14)13-8-6-7-9-17-13/h6-9H,4-5,10-11H2,1-3H3,(H,18,21). The summed E-state index contributed by atoms with van der Waals surface area (Å²) in [5.41, 5.74) is 1.57. The smallest absolute Gasteiger partial charge is 0.257 e. The Balaban J connectivity index is 2.09. The van der Waals surface area contributed by atoms with Crippen LogP contribution in [0.1, 0.15) is 30.0 Å². The molecule has 0 saturated heterocycles. The first-order valence-electron chi connectivity index (χ1n) is 7.55. The van der Waals surface area contributed by atoms with Crippen LogP contribution in [0.3, 0.4) is 0 Å². The number of carbonyl (C=O) groups is 1. The van der Waals surface area contributed by atoms with Crippen LogP contribution in [0, 0.1) is 6.92 Å². The first-order chi connectivity index (χ1) is 10.7. The number of carbonyl (C=O) groups excluding carboxylic acids is 1. The van der Waals surface area contributed by atoms with E-state index in [0.29, 0.717) is 29.3 Å². The minimum Gasteiger partial charge on any atom is -0.360 e. The number of nitrogens with zero attached hydrogens (tertiary/aromatic N) is 3. The third-order valence-electron chi connectivity index (χ3n) is 3.61. The van der Waals surface area contributed by atoms with Crippen LogP contribution in [0.2, 0.25) is 0 Å². The molecule has 0 spiro atoms. The second-order valence-corrected chi connectivity index (χ2v) is 4.96. The van der Waals surface area contributed by atoms with E-state index in [2.05, 4.69) is 34.2 Å². The van der Waals surface area contributed by atoms with Gasteiger partial charge >= 0.3 is 0 Å². The highest BCUT2D eigenvalue weighted by Gasteiger charge is 2.22. The van der Waals surface area contributed by atoms with Gasteiger partial charge in [-0.2, -0.15) is 0 Å². The molecule has 0 saturated carbocycles. The Kier molecular flexibility index (Phi) is 5.66. The first-order valence-corrected chi connectivity index (χ1v) is 7.55. The highest BCUT2D eigenvalue weighted by atomic mass is 16.5. The zero-order valence-corrected chi connectivity index (χ0v) is 13.3. The van der Waals surface area contributed by atoms with Crippen molar-refractivity contribution in [2.75, 3.05) is 26.2 Å². The van der Waals surface area contributed by atoms with Crippen LogP contribution in [-0.2, 0) is 0 Å². The largest absolute Gasteiger partial charge is 0.360 e. The van der Waals surface area contributed by atoms with Gasteiger partial charge in [0.25, 0.3) is 5.91 Å². The molecule has 1 N–H and O–H groups in total. The Labute approximate surface area is 130 Å². The monoisotopic (exact) mass is 302 g/mol. The summed E-state index contributed by atoms with van der Waals surface area (Å²) >= 11 is 0. The van der Waals surface area contributed by atoms with Crippen LogP contribution >= 0.6 is 0 Å². The van der Waals surface area contributed by atoms with Crippen LogP contribution in [0.15, 0.2) is 28.9 Å². The maximum Gasteiger partial charge on any atom is 0.257 e. The summed E-state index contributed by atoms with van der Waals surface area (Å²) in [5, 5.41) is 6.90. The van der Waals surface area contributed by atoms with Crippen molar-refractivity contribution >= 4 is 5.91 Å². The Hall–Kier alpha value is -2.21. The van der Waals surface area contributed by atoms with Gasteiger partial charge in [-0.25, -0.2) is 0 Å². The normalized spacial score (nSPS) is 10.9. The average molecular weight is 302 g/mol. The van der Waals surface area contributed by atoms with Gasteiger partial charge in [-0.15, -0.1) is 0 Å². The zero-order valence-electron chi connectivity index (χ0n) is 13.3. The molecule has 0 unspecified atom stereocenters. The molecule has 2 aromatic rings. The summed E-state index contributed by atoms with van der Waals surface area (Å²) in [6, 6.07) is 5.48. The highest BCUT2D eigenvalue weighted by Crippen LogP contribution is 2.23. The second-order valence-electron chi connectivity index (χ2n) is 4.96. The molecule has 118 valence electrons. The molecular formula is C16H22N4O2. The summed E-state index contributed by atoms with van der Waals surface area (Å²) in [4.78, 5) is 18.9. The lowest BCUT2D eigenvalue weighted by Gasteiger charge is -2.17. The fourth-order valence-corrected chi connectivity index (χ4v) is 2.27. The SMILES string of the molecule is CCN(CC)CCNC(=O)c1c(-c2ccccn2)noc1C. The molecule has 0 radical (unpaired) electrons. The van der Waals surface area contributed by atoms with Gasteiger partial charge in [0.1, 0.15) is 17.0 Å². The molecule has 6 heteroatoms. The summed E-state index contributed by atoms with van der Waals surface area (Å²) in [5.74, 6) is 0.326. The van der Waals surface area contributed by atoms with Crippen LogP contribution in [0.4, 0.5) is 0 Å². The van der Waals surface area contributed by atoms with Crippen molar-refractivity contribution in [2.24, 2.45) is 0 Å². The Morgan fingerprint density at radius 2 is 2.09 bits per heavy atom. The molecule has 1 amide bonds. The molecule has 0 fully saturated rings. The molecule has 0 aromatic carbocycles. The average Bonchev–Trinajstić information content (AvgIpc) is 2.94. The van der Waals surface area contributed by atoms with Crippen LogP contribution in [0.5, 0.6) is 0 Å². The van der Waals surface area contributed by atoms with Gasteiger partial charge in [0.05, 0.1) is 5.69 Å². The van der Waals surface area contributed by atoms with E-state index in [1.807, 2.05) is 18.2 Å². The summed E-state index contributed by atoms with van der Waals surface area (Å²) < 4.78 is 5.18. The molecule has 2 heterocycles. The summed E-state index contributed by atoms with van der Waals surface area (Å²) in [6.45, 7) is 9.30. The van der Waals surface area contributed by atoms with E-state index in [1.54, 1.807) is 13.1 Å². The van der Waals surface area contributed by atoms with Gasteiger partial charge in [0, 0.05) is 19.3 Å².